The molecule has 0 aliphatic heterocycles. The first-order valence-corrected chi connectivity index (χ1v) is 7.61. The normalized spacial score (nSPS) is 12.9. The molecule has 0 amide bonds. The Morgan fingerprint density at radius 1 is 1.41 bits per heavy atom. The molecule has 0 aromatic heterocycles. The molecule has 1 aromatic carbocycles. The third kappa shape index (κ3) is 4.84. The number of halogens is 3. The molecule has 1 atom stereocenters. The SMILES string of the molecule is C[C@H](CN)NS(=O)(=O)c1cc(Br)ccc1Br.Cl. The number of nitrogens with one attached hydrogen (secondary N) is 1. The van der Waals surface area contributed by atoms with Gasteiger partial charge in [0.1, 0.15) is 0 Å². The quantitative estimate of drug-likeness (QED) is 0.803. The molecule has 0 aliphatic rings. The van der Waals surface area contributed by atoms with E-state index in [9.17, 15) is 8.42 Å². The van der Waals surface area contributed by atoms with Crippen molar-refractivity contribution < 1.29 is 8.42 Å². The lowest BCUT2D eigenvalue weighted by atomic mass is 10.4. The molecule has 98 valence electrons. The highest BCUT2D eigenvalue weighted by Gasteiger charge is 2.19. The van der Waals surface area contributed by atoms with Crippen LogP contribution in [0.15, 0.2) is 32.0 Å². The highest BCUT2D eigenvalue weighted by Crippen LogP contribution is 2.25. The van der Waals surface area contributed by atoms with Gasteiger partial charge in [-0.05, 0) is 41.1 Å². The lowest BCUT2D eigenvalue weighted by molar-refractivity contribution is 0.562. The van der Waals surface area contributed by atoms with E-state index >= 15 is 0 Å². The Labute approximate surface area is 124 Å². The molecule has 1 rings (SSSR count). The summed E-state index contributed by atoms with van der Waals surface area (Å²) in [5, 5.41) is 0. The van der Waals surface area contributed by atoms with Crippen LogP contribution in [0.3, 0.4) is 0 Å². The van der Waals surface area contributed by atoms with Crippen LogP contribution in [0.5, 0.6) is 0 Å². The van der Waals surface area contributed by atoms with Crippen LogP contribution in [0.25, 0.3) is 0 Å². The van der Waals surface area contributed by atoms with E-state index in [1.807, 2.05) is 0 Å². The third-order valence-corrected chi connectivity index (χ3v) is 4.97. The molecule has 1 aromatic rings. The van der Waals surface area contributed by atoms with Crippen LogP contribution in [0.4, 0.5) is 0 Å². The molecule has 0 bridgehead atoms. The number of hydrogen-bond acceptors (Lipinski definition) is 3. The smallest absolute Gasteiger partial charge is 0.242 e. The first-order valence-electron chi connectivity index (χ1n) is 4.54. The van der Waals surface area contributed by atoms with Crippen molar-refractivity contribution in [2.45, 2.75) is 17.9 Å². The zero-order valence-corrected chi connectivity index (χ0v) is 13.8. The van der Waals surface area contributed by atoms with Gasteiger partial charge in [0.2, 0.25) is 10.0 Å². The highest BCUT2D eigenvalue weighted by molar-refractivity contribution is 9.11. The average Bonchev–Trinajstić information content (AvgIpc) is 2.20. The molecular weight excluding hydrogens is 395 g/mol. The Morgan fingerprint density at radius 2 is 2.00 bits per heavy atom. The molecule has 0 radical (unpaired) electrons. The van der Waals surface area contributed by atoms with Crippen molar-refractivity contribution in [3.63, 3.8) is 0 Å². The van der Waals surface area contributed by atoms with Crippen LogP contribution >= 0.6 is 44.3 Å². The van der Waals surface area contributed by atoms with Crippen molar-refractivity contribution in [3.05, 3.63) is 27.1 Å². The van der Waals surface area contributed by atoms with Gasteiger partial charge < -0.3 is 5.73 Å². The summed E-state index contributed by atoms with van der Waals surface area (Å²) in [6.07, 6.45) is 0. The van der Waals surface area contributed by atoms with Crippen LogP contribution in [0.2, 0.25) is 0 Å². The minimum absolute atomic E-state index is 0. The van der Waals surface area contributed by atoms with Crippen molar-refractivity contribution in [1.82, 2.24) is 4.72 Å². The Balaban J connectivity index is 0.00000256. The van der Waals surface area contributed by atoms with Gasteiger partial charge in [-0.2, -0.15) is 0 Å². The molecule has 0 aliphatic carbocycles. The van der Waals surface area contributed by atoms with Gasteiger partial charge >= 0.3 is 0 Å². The van der Waals surface area contributed by atoms with E-state index in [1.54, 1.807) is 19.1 Å². The van der Waals surface area contributed by atoms with E-state index in [-0.39, 0.29) is 29.9 Å². The van der Waals surface area contributed by atoms with E-state index < -0.39 is 10.0 Å². The van der Waals surface area contributed by atoms with E-state index in [0.29, 0.717) is 8.95 Å². The lowest BCUT2D eigenvalue weighted by Crippen LogP contribution is -2.37. The fourth-order valence-corrected chi connectivity index (χ4v) is 3.82. The Kier molecular flexibility index (Phi) is 7.20. The molecule has 0 heterocycles. The number of sulfonamides is 1. The Morgan fingerprint density at radius 3 is 2.53 bits per heavy atom. The summed E-state index contributed by atoms with van der Waals surface area (Å²) in [6.45, 7) is 1.97. The molecule has 0 unspecified atom stereocenters. The second kappa shape index (κ2) is 7.06. The Hall–Kier alpha value is 0.340. The van der Waals surface area contributed by atoms with Crippen molar-refractivity contribution in [2.75, 3.05) is 6.54 Å². The van der Waals surface area contributed by atoms with Crippen LogP contribution in [-0.4, -0.2) is 21.0 Å². The summed E-state index contributed by atoms with van der Waals surface area (Å²) in [5.74, 6) is 0. The minimum Gasteiger partial charge on any atom is -0.329 e. The average molecular weight is 409 g/mol. The second-order valence-electron chi connectivity index (χ2n) is 3.33. The van der Waals surface area contributed by atoms with E-state index in [2.05, 4.69) is 36.6 Å². The fraction of sp³-hybridized carbons (Fsp3) is 0.333. The maximum absolute atomic E-state index is 12.0. The highest BCUT2D eigenvalue weighted by atomic mass is 79.9. The lowest BCUT2D eigenvalue weighted by Gasteiger charge is -2.13. The van der Waals surface area contributed by atoms with E-state index in [1.165, 1.54) is 6.07 Å². The summed E-state index contributed by atoms with van der Waals surface area (Å²) < 4.78 is 27.6. The maximum Gasteiger partial charge on any atom is 0.242 e. The molecule has 8 heteroatoms. The van der Waals surface area contributed by atoms with Crippen molar-refractivity contribution >= 4 is 54.3 Å². The topological polar surface area (TPSA) is 72.2 Å². The Bertz CT molecular complexity index is 482. The third-order valence-electron chi connectivity index (χ3n) is 1.89. The second-order valence-corrected chi connectivity index (χ2v) is 6.79. The van der Waals surface area contributed by atoms with Crippen molar-refractivity contribution in [1.29, 1.82) is 0 Å². The molecule has 0 saturated carbocycles. The van der Waals surface area contributed by atoms with Crippen LogP contribution < -0.4 is 10.5 Å². The number of nitrogens with two attached hydrogens (primary N) is 1. The van der Waals surface area contributed by atoms with Gasteiger partial charge in [-0.3, -0.25) is 0 Å². The molecule has 4 nitrogen and oxygen atoms in total. The summed E-state index contributed by atoms with van der Waals surface area (Å²) >= 11 is 6.44. The van der Waals surface area contributed by atoms with Gasteiger partial charge in [0.05, 0.1) is 4.90 Å². The standard InChI is InChI=1S/C9H12Br2N2O2S.ClH/c1-6(5-12)13-16(14,15)9-4-7(10)2-3-8(9)11;/h2-4,6,13H,5,12H2,1H3;1H/t6-;/m1./s1. The number of hydrogen-bond donors (Lipinski definition) is 2. The molecule has 17 heavy (non-hydrogen) atoms. The fourth-order valence-electron chi connectivity index (χ4n) is 1.06. The molecule has 0 spiro atoms. The maximum atomic E-state index is 12.0. The monoisotopic (exact) mass is 406 g/mol. The molecule has 3 N–H and O–H groups in total. The van der Waals surface area contributed by atoms with Gasteiger partial charge in [0, 0.05) is 21.5 Å². The van der Waals surface area contributed by atoms with Crippen LogP contribution in [0, 0.1) is 0 Å². The van der Waals surface area contributed by atoms with E-state index in [0.717, 1.165) is 0 Å². The van der Waals surface area contributed by atoms with Gasteiger partial charge in [0.25, 0.3) is 0 Å². The number of rotatable bonds is 4. The summed E-state index contributed by atoms with van der Waals surface area (Å²) in [7, 11) is -3.53. The zero-order chi connectivity index (χ0) is 12.3. The van der Waals surface area contributed by atoms with E-state index in [4.69, 9.17) is 5.73 Å². The van der Waals surface area contributed by atoms with Crippen LogP contribution in [-0.2, 0) is 10.0 Å². The summed E-state index contributed by atoms with van der Waals surface area (Å²) in [6, 6.07) is 4.67. The van der Waals surface area contributed by atoms with Crippen LogP contribution in [0.1, 0.15) is 6.92 Å². The zero-order valence-electron chi connectivity index (χ0n) is 8.98. The van der Waals surface area contributed by atoms with Gasteiger partial charge in [-0.15, -0.1) is 12.4 Å². The molecule has 0 saturated heterocycles. The molecule has 0 fully saturated rings. The molecular formula is C9H13Br2ClN2O2S. The number of benzene rings is 1. The van der Waals surface area contributed by atoms with Crippen molar-refractivity contribution in [2.24, 2.45) is 5.73 Å². The first-order chi connectivity index (χ1) is 7.36. The van der Waals surface area contributed by atoms with Gasteiger partial charge in [0.15, 0.2) is 0 Å². The first kappa shape index (κ1) is 17.3. The predicted octanol–water partition coefficient (Wildman–Crippen LogP) is 2.26. The van der Waals surface area contributed by atoms with Crippen molar-refractivity contribution in [3.8, 4) is 0 Å². The van der Waals surface area contributed by atoms with Gasteiger partial charge in [-0.25, -0.2) is 13.1 Å². The summed E-state index contributed by atoms with van der Waals surface area (Å²) in [5.41, 5.74) is 5.38. The van der Waals surface area contributed by atoms with Gasteiger partial charge in [-0.1, -0.05) is 15.9 Å². The largest absolute Gasteiger partial charge is 0.329 e. The predicted molar refractivity (Wildman–Crippen MR) is 77.9 cm³/mol. The minimum atomic E-state index is -3.53. The summed E-state index contributed by atoms with van der Waals surface area (Å²) in [4.78, 5) is 0.196.